The molecule has 0 aliphatic carbocycles. The molecule has 8 aromatic carbocycles. The van der Waals surface area contributed by atoms with Crippen LogP contribution in [-0.4, -0.2) is 0 Å². The third-order valence-electron chi connectivity index (χ3n) is 9.27. The molecule has 0 aromatic heterocycles. The van der Waals surface area contributed by atoms with Crippen LogP contribution in [0.1, 0.15) is 16.7 Å². The zero-order valence-electron chi connectivity index (χ0n) is 28.6. The lowest BCUT2D eigenvalue weighted by atomic mass is 10.0. The van der Waals surface area contributed by atoms with Crippen LogP contribution < -0.4 is 9.80 Å². The Morgan fingerprint density at radius 2 is 0.725 bits per heavy atom. The summed E-state index contributed by atoms with van der Waals surface area (Å²) in [4.78, 5) is 4.62. The normalized spacial score (nSPS) is 11.2. The highest BCUT2D eigenvalue weighted by atomic mass is 15.1. The van der Waals surface area contributed by atoms with Gasteiger partial charge in [-0.3, -0.25) is 0 Å². The zero-order valence-corrected chi connectivity index (χ0v) is 28.6. The fourth-order valence-corrected chi connectivity index (χ4v) is 6.65. The summed E-state index contributed by atoms with van der Waals surface area (Å²) in [6.07, 6.45) is 4.35. The average Bonchev–Trinajstić information content (AvgIpc) is 3.19. The number of benzene rings is 8. The summed E-state index contributed by atoms with van der Waals surface area (Å²) in [7, 11) is 0. The fraction of sp³-hybridized carbons (Fsp3) is 0.0204. The summed E-state index contributed by atoms with van der Waals surface area (Å²) in [5.41, 5.74) is 12.7. The Balaban J connectivity index is 1.00. The Morgan fingerprint density at radius 3 is 1.31 bits per heavy atom. The second kappa shape index (κ2) is 14.5. The Bertz CT molecular complexity index is 2350. The van der Waals surface area contributed by atoms with Gasteiger partial charge in [-0.2, -0.15) is 0 Å². The molecule has 2 nitrogen and oxygen atoms in total. The van der Waals surface area contributed by atoms with Gasteiger partial charge in [0.15, 0.2) is 0 Å². The maximum absolute atomic E-state index is 2.34. The number of nitrogens with zero attached hydrogens (tertiary/aromatic N) is 2. The highest BCUT2D eigenvalue weighted by Gasteiger charge is 2.14. The molecule has 0 radical (unpaired) electrons. The number of hydrogen-bond acceptors (Lipinski definition) is 2. The van der Waals surface area contributed by atoms with Crippen molar-refractivity contribution in [1.29, 1.82) is 0 Å². The third-order valence-corrected chi connectivity index (χ3v) is 9.27. The van der Waals surface area contributed by atoms with E-state index in [2.05, 4.69) is 229 Å². The van der Waals surface area contributed by atoms with Crippen molar-refractivity contribution in [2.24, 2.45) is 0 Å². The molecule has 0 saturated carbocycles. The molecule has 0 atom stereocenters. The molecule has 2 heteroatoms. The third kappa shape index (κ3) is 7.08. The minimum absolute atomic E-state index is 1.12. The molecular formula is C49H38N2. The van der Waals surface area contributed by atoms with Crippen LogP contribution in [0.2, 0.25) is 0 Å². The van der Waals surface area contributed by atoms with Gasteiger partial charge in [-0.1, -0.05) is 140 Å². The van der Waals surface area contributed by atoms with E-state index in [4.69, 9.17) is 0 Å². The van der Waals surface area contributed by atoms with Crippen LogP contribution in [0.5, 0.6) is 0 Å². The van der Waals surface area contributed by atoms with Crippen LogP contribution in [0, 0.1) is 6.92 Å². The molecule has 0 spiro atoms. The van der Waals surface area contributed by atoms with Gasteiger partial charge in [-0.15, -0.1) is 0 Å². The molecule has 0 saturated heterocycles. The fourth-order valence-electron chi connectivity index (χ4n) is 6.65. The van der Waals surface area contributed by atoms with E-state index in [0.29, 0.717) is 0 Å². The highest BCUT2D eigenvalue weighted by molar-refractivity contribution is 5.89. The molecule has 0 bridgehead atoms. The monoisotopic (exact) mass is 654 g/mol. The molecule has 0 aliphatic heterocycles. The number of aryl methyl sites for hydroxylation is 1. The Kier molecular flexibility index (Phi) is 8.96. The second-order valence-electron chi connectivity index (χ2n) is 12.8. The van der Waals surface area contributed by atoms with E-state index in [1.54, 1.807) is 0 Å². The molecule has 0 heterocycles. The van der Waals surface area contributed by atoms with Gasteiger partial charge < -0.3 is 9.80 Å². The molecule has 0 N–H and O–H groups in total. The number of anilines is 6. The van der Waals surface area contributed by atoms with E-state index in [9.17, 15) is 0 Å². The summed E-state index contributed by atoms with van der Waals surface area (Å²) < 4.78 is 0. The van der Waals surface area contributed by atoms with Gasteiger partial charge in [0.25, 0.3) is 0 Å². The maximum Gasteiger partial charge on any atom is 0.0468 e. The van der Waals surface area contributed by atoms with Crippen molar-refractivity contribution in [3.8, 4) is 11.1 Å². The Hall–Kier alpha value is -6.64. The van der Waals surface area contributed by atoms with E-state index in [0.717, 1.165) is 45.3 Å². The first-order valence-corrected chi connectivity index (χ1v) is 17.4. The smallest absolute Gasteiger partial charge is 0.0468 e. The van der Waals surface area contributed by atoms with E-state index >= 15 is 0 Å². The first kappa shape index (κ1) is 31.6. The average molecular weight is 655 g/mol. The first-order valence-electron chi connectivity index (χ1n) is 17.4. The molecule has 244 valence electrons. The predicted octanol–water partition coefficient (Wildman–Crippen LogP) is 13.9. The van der Waals surface area contributed by atoms with Crippen LogP contribution in [0.15, 0.2) is 200 Å². The minimum atomic E-state index is 1.12. The maximum atomic E-state index is 2.34. The minimum Gasteiger partial charge on any atom is -0.311 e. The van der Waals surface area contributed by atoms with Crippen molar-refractivity contribution in [3.63, 3.8) is 0 Å². The molecule has 0 aliphatic rings. The molecule has 51 heavy (non-hydrogen) atoms. The van der Waals surface area contributed by atoms with Crippen molar-refractivity contribution >= 4 is 57.0 Å². The van der Waals surface area contributed by atoms with Gasteiger partial charge >= 0.3 is 0 Å². The standard InChI is InChI=1S/C49H38N2/c1-37-11-10-18-48(35-37)51(49-34-29-40-12-8-9-13-43(40)36-49)47-32-27-42(28-33-47)41-25-21-38(22-26-41)19-20-39-23-30-46(31-24-39)50(44-14-4-2-5-15-44)45-16-6-3-7-17-45/h2-36H,1H3/b20-19+. The van der Waals surface area contributed by atoms with E-state index in [-0.39, 0.29) is 0 Å². The lowest BCUT2D eigenvalue weighted by Crippen LogP contribution is -2.10. The number of fused-ring (bicyclic) bond motifs is 1. The quantitative estimate of drug-likeness (QED) is 0.143. The highest BCUT2D eigenvalue weighted by Crippen LogP contribution is 2.38. The Morgan fingerprint density at radius 1 is 0.314 bits per heavy atom. The first-order chi connectivity index (χ1) is 25.2. The molecule has 0 unspecified atom stereocenters. The largest absolute Gasteiger partial charge is 0.311 e. The summed E-state index contributed by atoms with van der Waals surface area (Å²) in [6.45, 7) is 2.15. The summed E-state index contributed by atoms with van der Waals surface area (Å²) in [5.74, 6) is 0. The van der Waals surface area contributed by atoms with Gasteiger partial charge in [0.2, 0.25) is 0 Å². The van der Waals surface area contributed by atoms with Gasteiger partial charge in [-0.25, -0.2) is 0 Å². The summed E-state index contributed by atoms with van der Waals surface area (Å²) in [6, 6.07) is 71.3. The van der Waals surface area contributed by atoms with Crippen LogP contribution >= 0.6 is 0 Å². The lowest BCUT2D eigenvalue weighted by molar-refractivity contribution is 1.28. The summed E-state index contributed by atoms with van der Waals surface area (Å²) >= 11 is 0. The molecule has 0 fully saturated rings. The van der Waals surface area contributed by atoms with Crippen molar-refractivity contribution in [3.05, 3.63) is 217 Å². The number of rotatable bonds is 9. The second-order valence-corrected chi connectivity index (χ2v) is 12.8. The summed E-state index contributed by atoms with van der Waals surface area (Å²) in [5, 5.41) is 2.47. The van der Waals surface area contributed by atoms with E-state index < -0.39 is 0 Å². The molecule has 0 amide bonds. The SMILES string of the molecule is Cc1cccc(N(c2ccc(-c3ccc(/C=C/c4ccc(N(c5ccccc5)c5ccccc5)cc4)cc3)cc2)c2ccc3ccccc3c2)c1. The van der Waals surface area contributed by atoms with Crippen LogP contribution in [-0.2, 0) is 0 Å². The molecule has 8 aromatic rings. The van der Waals surface area contributed by atoms with Crippen molar-refractivity contribution < 1.29 is 0 Å². The zero-order chi connectivity index (χ0) is 34.4. The molecular weight excluding hydrogens is 617 g/mol. The van der Waals surface area contributed by atoms with Crippen LogP contribution in [0.4, 0.5) is 34.1 Å². The lowest BCUT2D eigenvalue weighted by Gasteiger charge is -2.26. The van der Waals surface area contributed by atoms with Gasteiger partial charge in [0.1, 0.15) is 0 Å². The van der Waals surface area contributed by atoms with Gasteiger partial charge in [0, 0.05) is 34.1 Å². The van der Waals surface area contributed by atoms with Crippen LogP contribution in [0.3, 0.4) is 0 Å². The van der Waals surface area contributed by atoms with Crippen molar-refractivity contribution in [1.82, 2.24) is 0 Å². The van der Waals surface area contributed by atoms with Gasteiger partial charge in [-0.05, 0) is 118 Å². The van der Waals surface area contributed by atoms with Crippen molar-refractivity contribution in [2.45, 2.75) is 6.92 Å². The number of hydrogen-bond donors (Lipinski definition) is 0. The topological polar surface area (TPSA) is 6.48 Å². The Labute approximate surface area is 300 Å². The van der Waals surface area contributed by atoms with E-state index in [1.807, 2.05) is 0 Å². The van der Waals surface area contributed by atoms with Crippen molar-refractivity contribution in [2.75, 3.05) is 9.80 Å². The molecule has 8 rings (SSSR count). The predicted molar refractivity (Wildman–Crippen MR) is 219 cm³/mol. The number of para-hydroxylation sites is 2. The van der Waals surface area contributed by atoms with E-state index in [1.165, 1.54) is 27.5 Å². The van der Waals surface area contributed by atoms with Gasteiger partial charge in [0.05, 0.1) is 0 Å². The van der Waals surface area contributed by atoms with Crippen LogP contribution in [0.25, 0.3) is 34.1 Å².